The van der Waals surface area contributed by atoms with Crippen LogP contribution in [0.3, 0.4) is 0 Å². The van der Waals surface area contributed by atoms with Crippen molar-refractivity contribution in [3.05, 3.63) is 0 Å². The fourth-order valence-electron chi connectivity index (χ4n) is 2.68. The number of rotatable bonds is 5. The summed E-state index contributed by atoms with van der Waals surface area (Å²) in [6, 6.07) is 0.639. The summed E-state index contributed by atoms with van der Waals surface area (Å²) in [5.41, 5.74) is 0. The van der Waals surface area contributed by atoms with E-state index in [1.165, 1.54) is 44.9 Å². The second-order valence-electron chi connectivity index (χ2n) is 6.09. The number of guanidine groups is 1. The Bertz CT molecular complexity index is 269. The van der Waals surface area contributed by atoms with Crippen molar-refractivity contribution in [1.29, 1.82) is 0 Å². The van der Waals surface area contributed by atoms with E-state index in [-0.39, 0.29) is 24.0 Å². The van der Waals surface area contributed by atoms with E-state index < -0.39 is 0 Å². The standard InChI is InChI=1S/C15H29N3.HI/c1-3-16-15(17-11-10-13-6-7-13)18-14-8-4-12(2)5-9-14;/h12-14H,3-11H2,1-2H3,(H2,16,17,18);1H. The first-order valence-electron chi connectivity index (χ1n) is 7.82. The minimum Gasteiger partial charge on any atom is -0.357 e. The van der Waals surface area contributed by atoms with Gasteiger partial charge in [0.15, 0.2) is 5.96 Å². The van der Waals surface area contributed by atoms with Gasteiger partial charge >= 0.3 is 0 Å². The zero-order valence-corrected chi connectivity index (χ0v) is 14.8. The molecule has 2 rings (SSSR count). The van der Waals surface area contributed by atoms with E-state index in [4.69, 9.17) is 4.99 Å². The molecule has 4 heteroatoms. The molecule has 19 heavy (non-hydrogen) atoms. The van der Waals surface area contributed by atoms with Crippen LogP contribution in [0.4, 0.5) is 0 Å². The van der Waals surface area contributed by atoms with Crippen molar-refractivity contribution in [2.75, 3.05) is 13.1 Å². The lowest BCUT2D eigenvalue weighted by atomic mass is 9.87. The summed E-state index contributed by atoms with van der Waals surface area (Å²) in [6.07, 6.45) is 9.46. The first-order chi connectivity index (χ1) is 8.78. The van der Waals surface area contributed by atoms with Crippen LogP contribution in [0, 0.1) is 11.8 Å². The van der Waals surface area contributed by atoms with Gasteiger partial charge in [0.25, 0.3) is 0 Å². The molecule has 0 aromatic heterocycles. The molecule has 2 aliphatic carbocycles. The summed E-state index contributed by atoms with van der Waals surface area (Å²) < 4.78 is 0. The maximum absolute atomic E-state index is 4.70. The fourth-order valence-corrected chi connectivity index (χ4v) is 2.68. The Labute approximate surface area is 135 Å². The minimum atomic E-state index is 0. The van der Waals surface area contributed by atoms with Crippen LogP contribution in [0.5, 0.6) is 0 Å². The molecular weight excluding hydrogens is 349 g/mol. The average molecular weight is 379 g/mol. The lowest BCUT2D eigenvalue weighted by molar-refractivity contribution is 0.329. The first kappa shape index (κ1) is 17.1. The summed E-state index contributed by atoms with van der Waals surface area (Å²) in [4.78, 5) is 4.70. The highest BCUT2D eigenvalue weighted by Crippen LogP contribution is 2.32. The molecule has 0 heterocycles. The molecule has 0 unspecified atom stereocenters. The molecule has 0 spiro atoms. The van der Waals surface area contributed by atoms with Gasteiger partial charge in [-0.15, -0.1) is 24.0 Å². The second-order valence-corrected chi connectivity index (χ2v) is 6.09. The molecule has 0 radical (unpaired) electrons. The Hall–Kier alpha value is 0. The van der Waals surface area contributed by atoms with Crippen molar-refractivity contribution in [2.24, 2.45) is 16.8 Å². The van der Waals surface area contributed by atoms with Gasteiger partial charge in [0, 0.05) is 19.1 Å². The van der Waals surface area contributed by atoms with Crippen LogP contribution in [-0.2, 0) is 0 Å². The van der Waals surface area contributed by atoms with Crippen LogP contribution >= 0.6 is 24.0 Å². The number of halogens is 1. The van der Waals surface area contributed by atoms with Crippen molar-refractivity contribution in [2.45, 2.75) is 64.8 Å². The van der Waals surface area contributed by atoms with Crippen LogP contribution < -0.4 is 10.6 Å². The summed E-state index contributed by atoms with van der Waals surface area (Å²) in [6.45, 7) is 6.45. The largest absolute Gasteiger partial charge is 0.357 e. The molecule has 0 amide bonds. The number of hydrogen-bond acceptors (Lipinski definition) is 1. The molecule has 2 N–H and O–H groups in total. The predicted molar refractivity (Wildman–Crippen MR) is 93.3 cm³/mol. The topological polar surface area (TPSA) is 36.4 Å². The minimum absolute atomic E-state index is 0. The predicted octanol–water partition coefficient (Wildman–Crippen LogP) is 3.54. The molecule has 0 atom stereocenters. The molecular formula is C15H30IN3. The van der Waals surface area contributed by atoms with E-state index >= 15 is 0 Å². The van der Waals surface area contributed by atoms with E-state index in [1.807, 2.05) is 0 Å². The van der Waals surface area contributed by atoms with E-state index in [0.29, 0.717) is 6.04 Å². The monoisotopic (exact) mass is 379 g/mol. The van der Waals surface area contributed by atoms with Crippen LogP contribution in [-0.4, -0.2) is 25.1 Å². The maximum Gasteiger partial charge on any atom is 0.191 e. The van der Waals surface area contributed by atoms with E-state index in [9.17, 15) is 0 Å². The Kier molecular flexibility index (Phi) is 8.11. The lowest BCUT2D eigenvalue weighted by Crippen LogP contribution is -2.44. The van der Waals surface area contributed by atoms with Crippen molar-refractivity contribution < 1.29 is 0 Å². The van der Waals surface area contributed by atoms with Crippen LogP contribution in [0.1, 0.15) is 58.8 Å². The Morgan fingerprint density at radius 2 is 1.79 bits per heavy atom. The van der Waals surface area contributed by atoms with E-state index in [2.05, 4.69) is 24.5 Å². The second kappa shape index (κ2) is 9.03. The summed E-state index contributed by atoms with van der Waals surface area (Å²) in [5, 5.41) is 6.98. The third-order valence-corrected chi connectivity index (χ3v) is 4.21. The highest BCUT2D eigenvalue weighted by molar-refractivity contribution is 14.0. The highest BCUT2D eigenvalue weighted by atomic mass is 127. The van der Waals surface area contributed by atoms with E-state index in [0.717, 1.165) is 30.9 Å². The smallest absolute Gasteiger partial charge is 0.191 e. The molecule has 2 fully saturated rings. The molecule has 0 aromatic rings. The normalized spacial score (nSPS) is 27.6. The molecule has 3 nitrogen and oxygen atoms in total. The lowest BCUT2D eigenvalue weighted by Gasteiger charge is -2.28. The van der Waals surface area contributed by atoms with Crippen molar-refractivity contribution >= 4 is 29.9 Å². The zero-order chi connectivity index (χ0) is 12.8. The third-order valence-electron chi connectivity index (χ3n) is 4.21. The zero-order valence-electron chi connectivity index (χ0n) is 12.5. The number of hydrogen-bond donors (Lipinski definition) is 2. The molecule has 112 valence electrons. The Balaban J connectivity index is 0.00000180. The Morgan fingerprint density at radius 3 is 2.37 bits per heavy atom. The summed E-state index contributed by atoms with van der Waals surface area (Å²) in [5.74, 6) is 2.93. The van der Waals surface area contributed by atoms with Gasteiger partial charge in [-0.25, -0.2) is 0 Å². The summed E-state index contributed by atoms with van der Waals surface area (Å²) >= 11 is 0. The molecule has 0 aromatic carbocycles. The van der Waals surface area contributed by atoms with E-state index in [1.54, 1.807) is 0 Å². The van der Waals surface area contributed by atoms with Gasteiger partial charge in [-0.3, -0.25) is 4.99 Å². The molecule has 2 aliphatic rings. The molecule has 0 saturated heterocycles. The van der Waals surface area contributed by atoms with Crippen LogP contribution in [0.2, 0.25) is 0 Å². The number of nitrogens with zero attached hydrogens (tertiary/aromatic N) is 1. The number of aliphatic imine (C=N–C) groups is 1. The SMILES string of the molecule is CCNC(=NCCC1CC1)NC1CCC(C)CC1.I. The molecule has 0 bridgehead atoms. The van der Waals surface area contributed by atoms with Crippen molar-refractivity contribution in [3.63, 3.8) is 0 Å². The Morgan fingerprint density at radius 1 is 1.11 bits per heavy atom. The van der Waals surface area contributed by atoms with Gasteiger partial charge in [-0.05, 0) is 50.9 Å². The summed E-state index contributed by atoms with van der Waals surface area (Å²) in [7, 11) is 0. The average Bonchev–Trinajstić information content (AvgIpc) is 3.16. The first-order valence-corrected chi connectivity index (χ1v) is 7.82. The molecule has 2 saturated carbocycles. The van der Waals surface area contributed by atoms with Gasteiger partial charge in [-0.2, -0.15) is 0 Å². The quantitative estimate of drug-likeness (QED) is 0.436. The van der Waals surface area contributed by atoms with Crippen molar-refractivity contribution in [1.82, 2.24) is 10.6 Å². The fraction of sp³-hybridized carbons (Fsp3) is 0.933. The van der Waals surface area contributed by atoms with Gasteiger partial charge in [0.1, 0.15) is 0 Å². The van der Waals surface area contributed by atoms with Crippen LogP contribution in [0.15, 0.2) is 4.99 Å². The third kappa shape index (κ3) is 6.82. The van der Waals surface area contributed by atoms with Gasteiger partial charge in [0.2, 0.25) is 0 Å². The highest BCUT2D eigenvalue weighted by Gasteiger charge is 2.21. The number of nitrogens with one attached hydrogen (secondary N) is 2. The van der Waals surface area contributed by atoms with Gasteiger partial charge < -0.3 is 10.6 Å². The van der Waals surface area contributed by atoms with Crippen LogP contribution in [0.25, 0.3) is 0 Å². The van der Waals surface area contributed by atoms with Crippen molar-refractivity contribution in [3.8, 4) is 0 Å². The van der Waals surface area contributed by atoms with Gasteiger partial charge in [0.05, 0.1) is 0 Å². The van der Waals surface area contributed by atoms with Gasteiger partial charge in [-0.1, -0.05) is 19.8 Å². The maximum atomic E-state index is 4.70. The molecule has 0 aliphatic heterocycles.